The number of ether oxygens (including phenoxy) is 1. The van der Waals surface area contributed by atoms with Crippen molar-refractivity contribution in [2.45, 2.75) is 38.8 Å². The summed E-state index contributed by atoms with van der Waals surface area (Å²) < 4.78 is 5.80. The van der Waals surface area contributed by atoms with E-state index in [1.807, 2.05) is 24.3 Å². The Labute approximate surface area is 103 Å². The molecule has 2 N–H and O–H groups in total. The predicted molar refractivity (Wildman–Crippen MR) is 68.7 cm³/mol. The smallest absolute Gasteiger partial charge is 0.0976 e. The van der Waals surface area contributed by atoms with Gasteiger partial charge in [0.2, 0.25) is 0 Å². The molecule has 1 aromatic carbocycles. The molecule has 2 atom stereocenters. The molecule has 2 nitrogen and oxygen atoms in total. The van der Waals surface area contributed by atoms with E-state index >= 15 is 0 Å². The van der Waals surface area contributed by atoms with E-state index < -0.39 is 0 Å². The van der Waals surface area contributed by atoms with Gasteiger partial charge in [0.05, 0.1) is 6.10 Å². The van der Waals surface area contributed by atoms with E-state index in [1.54, 1.807) is 0 Å². The Morgan fingerprint density at radius 2 is 2.12 bits per heavy atom. The van der Waals surface area contributed by atoms with Gasteiger partial charge in [0.25, 0.3) is 0 Å². The summed E-state index contributed by atoms with van der Waals surface area (Å²) >= 11 is 5.97. The molecule has 2 unspecified atom stereocenters. The fourth-order valence-electron chi connectivity index (χ4n) is 1.61. The zero-order valence-electron chi connectivity index (χ0n) is 9.95. The first kappa shape index (κ1) is 13.5. The van der Waals surface area contributed by atoms with Gasteiger partial charge in [0.15, 0.2) is 0 Å². The molecule has 0 aliphatic carbocycles. The Morgan fingerprint density at radius 1 is 1.38 bits per heavy atom. The van der Waals surface area contributed by atoms with Crippen LogP contribution < -0.4 is 5.73 Å². The van der Waals surface area contributed by atoms with Crippen molar-refractivity contribution >= 4 is 11.6 Å². The SMILES string of the molecule is CCCOC(c1cccc(Cl)c1)C(N)CC. The normalized spacial score (nSPS) is 14.8. The fourth-order valence-corrected chi connectivity index (χ4v) is 1.81. The third-order valence-electron chi connectivity index (χ3n) is 2.54. The Balaban J connectivity index is 2.82. The molecular weight excluding hydrogens is 222 g/mol. The van der Waals surface area contributed by atoms with Crippen molar-refractivity contribution < 1.29 is 4.74 Å². The Kier molecular flexibility index (Phi) is 5.81. The third-order valence-corrected chi connectivity index (χ3v) is 2.77. The minimum Gasteiger partial charge on any atom is -0.372 e. The largest absolute Gasteiger partial charge is 0.372 e. The summed E-state index contributed by atoms with van der Waals surface area (Å²) in [6.07, 6.45) is 1.83. The van der Waals surface area contributed by atoms with Crippen LogP contribution in [0.3, 0.4) is 0 Å². The topological polar surface area (TPSA) is 35.2 Å². The molecule has 0 saturated heterocycles. The van der Waals surface area contributed by atoms with Crippen LogP contribution in [0.2, 0.25) is 5.02 Å². The first-order valence-corrected chi connectivity index (χ1v) is 6.19. The lowest BCUT2D eigenvalue weighted by atomic mass is 10.0. The molecule has 0 heterocycles. The van der Waals surface area contributed by atoms with Gasteiger partial charge in [-0.05, 0) is 30.5 Å². The fraction of sp³-hybridized carbons (Fsp3) is 0.538. The van der Waals surface area contributed by atoms with E-state index in [0.717, 1.165) is 30.0 Å². The Bertz CT molecular complexity index is 317. The second-order valence-electron chi connectivity index (χ2n) is 3.92. The van der Waals surface area contributed by atoms with Crippen molar-refractivity contribution in [3.63, 3.8) is 0 Å². The standard InChI is InChI=1S/C13H20ClNO/c1-3-8-16-13(12(15)4-2)10-6-5-7-11(14)9-10/h5-7,9,12-13H,3-4,8,15H2,1-2H3. The first-order chi connectivity index (χ1) is 7.69. The summed E-state index contributed by atoms with van der Waals surface area (Å²) in [7, 11) is 0. The highest BCUT2D eigenvalue weighted by atomic mass is 35.5. The highest BCUT2D eigenvalue weighted by molar-refractivity contribution is 6.30. The number of hydrogen-bond acceptors (Lipinski definition) is 2. The van der Waals surface area contributed by atoms with Gasteiger partial charge in [-0.15, -0.1) is 0 Å². The lowest BCUT2D eigenvalue weighted by molar-refractivity contribution is 0.0339. The predicted octanol–water partition coefficient (Wildman–Crippen LogP) is 3.55. The van der Waals surface area contributed by atoms with Crippen LogP contribution in [0.1, 0.15) is 38.4 Å². The minimum absolute atomic E-state index is 0.0185. The molecule has 0 aliphatic rings. The van der Waals surface area contributed by atoms with Crippen LogP contribution in [0.15, 0.2) is 24.3 Å². The zero-order chi connectivity index (χ0) is 12.0. The first-order valence-electron chi connectivity index (χ1n) is 5.81. The maximum atomic E-state index is 6.07. The zero-order valence-corrected chi connectivity index (χ0v) is 10.7. The molecule has 90 valence electrons. The summed E-state index contributed by atoms with van der Waals surface area (Å²) in [5.41, 5.74) is 7.14. The van der Waals surface area contributed by atoms with E-state index in [2.05, 4.69) is 13.8 Å². The molecule has 0 amide bonds. The van der Waals surface area contributed by atoms with Gasteiger partial charge < -0.3 is 10.5 Å². The van der Waals surface area contributed by atoms with E-state index in [4.69, 9.17) is 22.1 Å². The van der Waals surface area contributed by atoms with Crippen LogP contribution in [0, 0.1) is 0 Å². The molecule has 1 rings (SSSR count). The lowest BCUT2D eigenvalue weighted by Crippen LogP contribution is -2.29. The molecule has 0 spiro atoms. The maximum Gasteiger partial charge on any atom is 0.0976 e. The highest BCUT2D eigenvalue weighted by Crippen LogP contribution is 2.24. The second-order valence-corrected chi connectivity index (χ2v) is 4.35. The van der Waals surface area contributed by atoms with Crippen LogP contribution in [-0.2, 0) is 4.74 Å². The molecule has 1 aromatic rings. The summed E-state index contributed by atoms with van der Waals surface area (Å²) in [4.78, 5) is 0. The van der Waals surface area contributed by atoms with E-state index in [0.29, 0.717) is 0 Å². The van der Waals surface area contributed by atoms with Crippen molar-refractivity contribution in [1.29, 1.82) is 0 Å². The number of rotatable bonds is 6. The van der Waals surface area contributed by atoms with Gasteiger partial charge in [-0.3, -0.25) is 0 Å². The quantitative estimate of drug-likeness (QED) is 0.827. The Hall–Kier alpha value is -0.570. The molecule has 0 saturated carbocycles. The van der Waals surface area contributed by atoms with Crippen molar-refractivity contribution in [1.82, 2.24) is 0 Å². The van der Waals surface area contributed by atoms with Gasteiger partial charge in [0, 0.05) is 17.7 Å². The Morgan fingerprint density at radius 3 is 2.69 bits per heavy atom. The molecule has 0 aliphatic heterocycles. The van der Waals surface area contributed by atoms with Crippen LogP contribution in [0.25, 0.3) is 0 Å². The molecule has 0 aromatic heterocycles. The lowest BCUT2D eigenvalue weighted by Gasteiger charge is -2.23. The van der Waals surface area contributed by atoms with Crippen molar-refractivity contribution in [3.8, 4) is 0 Å². The summed E-state index contributed by atoms with van der Waals surface area (Å²) in [5, 5.41) is 0.728. The van der Waals surface area contributed by atoms with Crippen LogP contribution in [0.4, 0.5) is 0 Å². The number of hydrogen-bond donors (Lipinski definition) is 1. The van der Waals surface area contributed by atoms with Crippen LogP contribution in [-0.4, -0.2) is 12.6 Å². The summed E-state index contributed by atoms with van der Waals surface area (Å²) in [6, 6.07) is 7.76. The number of halogens is 1. The minimum atomic E-state index is -0.0522. The van der Waals surface area contributed by atoms with Gasteiger partial charge in [-0.25, -0.2) is 0 Å². The van der Waals surface area contributed by atoms with Crippen LogP contribution in [0.5, 0.6) is 0 Å². The monoisotopic (exact) mass is 241 g/mol. The summed E-state index contributed by atoms with van der Waals surface area (Å²) in [5.74, 6) is 0. The van der Waals surface area contributed by atoms with Crippen molar-refractivity contribution in [2.75, 3.05) is 6.61 Å². The van der Waals surface area contributed by atoms with Crippen molar-refractivity contribution in [2.24, 2.45) is 5.73 Å². The van der Waals surface area contributed by atoms with E-state index in [9.17, 15) is 0 Å². The highest BCUT2D eigenvalue weighted by Gasteiger charge is 2.18. The van der Waals surface area contributed by atoms with Gasteiger partial charge >= 0.3 is 0 Å². The average Bonchev–Trinajstić information content (AvgIpc) is 2.29. The van der Waals surface area contributed by atoms with Gasteiger partial charge in [0.1, 0.15) is 0 Å². The average molecular weight is 242 g/mol. The second kappa shape index (κ2) is 6.89. The van der Waals surface area contributed by atoms with Gasteiger partial charge in [-0.2, -0.15) is 0 Å². The third kappa shape index (κ3) is 3.78. The number of benzene rings is 1. The maximum absolute atomic E-state index is 6.07. The molecular formula is C13H20ClNO. The number of nitrogens with two attached hydrogens (primary N) is 1. The molecule has 0 radical (unpaired) electrons. The molecule has 0 bridgehead atoms. The van der Waals surface area contributed by atoms with Crippen LogP contribution >= 0.6 is 11.6 Å². The molecule has 16 heavy (non-hydrogen) atoms. The van der Waals surface area contributed by atoms with E-state index in [1.165, 1.54) is 0 Å². The summed E-state index contributed by atoms with van der Waals surface area (Å²) in [6.45, 7) is 4.88. The molecule has 3 heteroatoms. The molecule has 0 fully saturated rings. The van der Waals surface area contributed by atoms with Crippen molar-refractivity contribution in [3.05, 3.63) is 34.9 Å². The van der Waals surface area contributed by atoms with Gasteiger partial charge in [-0.1, -0.05) is 37.6 Å². The van der Waals surface area contributed by atoms with E-state index in [-0.39, 0.29) is 12.1 Å².